The first-order valence-electron chi connectivity index (χ1n) is 10.6. The highest BCUT2D eigenvalue weighted by atomic mass is 16.5. The van der Waals surface area contributed by atoms with Crippen LogP contribution in [-0.2, 0) is 30.3 Å². The van der Waals surface area contributed by atoms with Gasteiger partial charge in [-0.2, -0.15) is 0 Å². The SMILES string of the molecule is C=C1NC(=O)C(CCCc2ccc(OC)cc2)NC(=O)C(C(C)C)OC(=O)CCNC1=O. The number of ether oxygens (including phenoxy) is 2. The second-order valence-corrected chi connectivity index (χ2v) is 7.93. The Morgan fingerprint density at radius 3 is 2.44 bits per heavy atom. The Morgan fingerprint density at radius 1 is 1.12 bits per heavy atom. The number of methoxy groups -OCH3 is 1. The van der Waals surface area contributed by atoms with E-state index in [2.05, 4.69) is 22.5 Å². The van der Waals surface area contributed by atoms with E-state index >= 15 is 0 Å². The van der Waals surface area contributed by atoms with Crippen LogP contribution in [0.4, 0.5) is 0 Å². The quantitative estimate of drug-likeness (QED) is 0.447. The predicted molar refractivity (Wildman–Crippen MR) is 117 cm³/mol. The zero-order chi connectivity index (χ0) is 23.7. The molecule has 1 aliphatic rings. The Kier molecular flexibility index (Phi) is 9.24. The lowest BCUT2D eigenvalue weighted by Crippen LogP contribution is -2.51. The molecule has 0 spiro atoms. The van der Waals surface area contributed by atoms with Gasteiger partial charge in [-0.15, -0.1) is 0 Å². The number of carbonyl (C=O) groups is 4. The monoisotopic (exact) mass is 445 g/mol. The Bertz CT molecular complexity index is 850. The molecule has 174 valence electrons. The van der Waals surface area contributed by atoms with Crippen molar-refractivity contribution in [3.05, 3.63) is 42.1 Å². The highest BCUT2D eigenvalue weighted by Gasteiger charge is 2.31. The normalized spacial score (nSPS) is 20.8. The number of carbonyl (C=O) groups excluding carboxylic acids is 4. The van der Waals surface area contributed by atoms with E-state index in [9.17, 15) is 19.2 Å². The fraction of sp³-hybridized carbons (Fsp3) is 0.478. The summed E-state index contributed by atoms with van der Waals surface area (Å²) in [6.45, 7) is 7.07. The molecule has 1 aromatic carbocycles. The average molecular weight is 446 g/mol. The van der Waals surface area contributed by atoms with Gasteiger partial charge in [-0.25, -0.2) is 0 Å². The minimum atomic E-state index is -1.04. The van der Waals surface area contributed by atoms with E-state index in [-0.39, 0.29) is 24.6 Å². The topological polar surface area (TPSA) is 123 Å². The van der Waals surface area contributed by atoms with Gasteiger partial charge in [0.1, 0.15) is 11.8 Å². The molecular formula is C23H31N3O6. The summed E-state index contributed by atoms with van der Waals surface area (Å²) in [4.78, 5) is 49.8. The fourth-order valence-corrected chi connectivity index (χ4v) is 3.20. The molecule has 3 N–H and O–H groups in total. The third-order valence-corrected chi connectivity index (χ3v) is 5.04. The molecule has 0 saturated carbocycles. The summed E-state index contributed by atoms with van der Waals surface area (Å²) < 4.78 is 10.5. The lowest BCUT2D eigenvalue weighted by Gasteiger charge is -2.24. The van der Waals surface area contributed by atoms with Crippen LogP contribution in [0.3, 0.4) is 0 Å². The molecule has 1 heterocycles. The molecule has 9 heteroatoms. The van der Waals surface area contributed by atoms with Crippen LogP contribution in [0.1, 0.15) is 38.7 Å². The van der Waals surface area contributed by atoms with Crippen molar-refractivity contribution in [1.29, 1.82) is 0 Å². The van der Waals surface area contributed by atoms with Crippen molar-refractivity contribution in [2.75, 3.05) is 13.7 Å². The Morgan fingerprint density at radius 2 is 1.81 bits per heavy atom. The van der Waals surface area contributed by atoms with Crippen molar-refractivity contribution in [1.82, 2.24) is 16.0 Å². The van der Waals surface area contributed by atoms with Crippen LogP contribution in [0.15, 0.2) is 36.5 Å². The van der Waals surface area contributed by atoms with Gasteiger partial charge >= 0.3 is 5.97 Å². The van der Waals surface area contributed by atoms with Gasteiger partial charge in [0.05, 0.1) is 19.2 Å². The van der Waals surface area contributed by atoms with Gasteiger partial charge in [-0.05, 0) is 42.9 Å². The minimum absolute atomic E-state index is 0.00425. The van der Waals surface area contributed by atoms with Gasteiger partial charge in [0.25, 0.3) is 11.8 Å². The molecule has 1 fully saturated rings. The molecule has 1 aliphatic heterocycles. The largest absolute Gasteiger partial charge is 0.497 e. The molecule has 0 aromatic heterocycles. The van der Waals surface area contributed by atoms with Gasteiger partial charge in [-0.3, -0.25) is 19.2 Å². The molecule has 0 aliphatic carbocycles. The maximum absolute atomic E-state index is 12.8. The fourth-order valence-electron chi connectivity index (χ4n) is 3.20. The van der Waals surface area contributed by atoms with Crippen LogP contribution in [0.2, 0.25) is 0 Å². The van der Waals surface area contributed by atoms with E-state index in [1.165, 1.54) is 0 Å². The maximum atomic E-state index is 12.8. The second kappa shape index (κ2) is 11.9. The summed E-state index contributed by atoms with van der Waals surface area (Å²) in [5.41, 5.74) is 0.900. The number of esters is 1. The molecule has 2 rings (SSSR count). The summed E-state index contributed by atoms with van der Waals surface area (Å²) in [7, 11) is 1.59. The predicted octanol–water partition coefficient (Wildman–Crippen LogP) is 1.22. The third-order valence-electron chi connectivity index (χ3n) is 5.04. The lowest BCUT2D eigenvalue weighted by atomic mass is 10.0. The van der Waals surface area contributed by atoms with E-state index in [1.54, 1.807) is 21.0 Å². The zero-order valence-electron chi connectivity index (χ0n) is 18.7. The number of hydrogen-bond donors (Lipinski definition) is 3. The van der Waals surface area contributed by atoms with Crippen LogP contribution >= 0.6 is 0 Å². The molecule has 1 saturated heterocycles. The van der Waals surface area contributed by atoms with Crippen LogP contribution in [0, 0.1) is 5.92 Å². The van der Waals surface area contributed by atoms with Crippen LogP contribution in [-0.4, -0.2) is 49.5 Å². The second-order valence-electron chi connectivity index (χ2n) is 7.93. The van der Waals surface area contributed by atoms with E-state index in [4.69, 9.17) is 9.47 Å². The highest BCUT2D eigenvalue weighted by Crippen LogP contribution is 2.15. The number of amides is 3. The number of hydrogen-bond acceptors (Lipinski definition) is 6. The smallest absolute Gasteiger partial charge is 0.308 e. The highest BCUT2D eigenvalue weighted by molar-refractivity contribution is 5.99. The Hall–Kier alpha value is -3.36. The molecule has 2 atom stereocenters. The molecule has 0 bridgehead atoms. The molecule has 1 aromatic rings. The minimum Gasteiger partial charge on any atom is -0.497 e. The van der Waals surface area contributed by atoms with E-state index in [1.807, 2.05) is 24.3 Å². The van der Waals surface area contributed by atoms with E-state index in [0.29, 0.717) is 19.3 Å². The molecule has 0 radical (unpaired) electrons. The Balaban J connectivity index is 2.14. The standard InChI is InChI=1S/C23H31N3O6/c1-14(2)20-23(30)26-18(7-5-6-16-8-10-17(31-4)11-9-16)22(29)25-15(3)21(28)24-13-12-19(27)32-20/h8-11,14,18,20H,3,5-7,12-13H2,1-2,4H3,(H,24,28)(H,25,29)(H,26,30). The first-order chi connectivity index (χ1) is 15.2. The lowest BCUT2D eigenvalue weighted by molar-refractivity contribution is -0.159. The summed E-state index contributed by atoms with van der Waals surface area (Å²) in [5.74, 6) is -1.87. The van der Waals surface area contributed by atoms with Crippen LogP contribution < -0.4 is 20.7 Å². The summed E-state index contributed by atoms with van der Waals surface area (Å²) in [6, 6.07) is 6.65. The molecule has 9 nitrogen and oxygen atoms in total. The van der Waals surface area contributed by atoms with E-state index < -0.39 is 35.8 Å². The summed E-state index contributed by atoms with van der Waals surface area (Å²) >= 11 is 0. The van der Waals surface area contributed by atoms with Crippen molar-refractivity contribution in [3.63, 3.8) is 0 Å². The summed E-state index contributed by atoms with van der Waals surface area (Å²) in [6.07, 6.45) is 0.439. The maximum Gasteiger partial charge on any atom is 0.308 e. The van der Waals surface area contributed by atoms with Gasteiger partial charge in [0, 0.05) is 6.54 Å². The molecular weight excluding hydrogens is 414 g/mol. The molecule has 32 heavy (non-hydrogen) atoms. The number of cyclic esters (lactones) is 1. The van der Waals surface area contributed by atoms with Gasteiger partial charge in [0.2, 0.25) is 5.91 Å². The van der Waals surface area contributed by atoms with Crippen molar-refractivity contribution in [2.45, 2.75) is 51.7 Å². The van der Waals surface area contributed by atoms with Crippen molar-refractivity contribution in [2.24, 2.45) is 5.92 Å². The number of rotatable bonds is 6. The van der Waals surface area contributed by atoms with Crippen molar-refractivity contribution >= 4 is 23.7 Å². The van der Waals surface area contributed by atoms with Gasteiger partial charge in [-0.1, -0.05) is 32.6 Å². The molecule has 2 unspecified atom stereocenters. The number of nitrogens with one attached hydrogen (secondary N) is 3. The van der Waals surface area contributed by atoms with E-state index in [0.717, 1.165) is 11.3 Å². The van der Waals surface area contributed by atoms with Crippen molar-refractivity contribution in [3.8, 4) is 5.75 Å². The summed E-state index contributed by atoms with van der Waals surface area (Å²) in [5, 5.41) is 7.63. The number of benzene rings is 1. The average Bonchev–Trinajstić information content (AvgIpc) is 2.76. The van der Waals surface area contributed by atoms with Crippen LogP contribution in [0.25, 0.3) is 0 Å². The third kappa shape index (κ3) is 7.40. The molecule has 3 amide bonds. The Labute approximate surface area is 187 Å². The van der Waals surface area contributed by atoms with Gasteiger partial charge in [0.15, 0.2) is 6.10 Å². The number of aryl methyl sites for hydroxylation is 1. The van der Waals surface area contributed by atoms with Crippen LogP contribution in [0.5, 0.6) is 5.75 Å². The zero-order valence-corrected chi connectivity index (χ0v) is 18.7. The van der Waals surface area contributed by atoms with Crippen molar-refractivity contribution < 1.29 is 28.7 Å². The van der Waals surface area contributed by atoms with Gasteiger partial charge < -0.3 is 25.4 Å². The first-order valence-corrected chi connectivity index (χ1v) is 10.6. The first kappa shape index (κ1) is 24.9.